The van der Waals surface area contributed by atoms with Gasteiger partial charge >= 0.3 is 0 Å². The zero-order valence-electron chi connectivity index (χ0n) is 25.1. The van der Waals surface area contributed by atoms with Gasteiger partial charge in [-0.2, -0.15) is 0 Å². The highest BCUT2D eigenvalue weighted by Gasteiger charge is 2.24. The van der Waals surface area contributed by atoms with Crippen LogP contribution in [0.3, 0.4) is 0 Å². The van der Waals surface area contributed by atoms with E-state index in [1.165, 1.54) is 0 Å². The molecular formula is C34H42N6. The van der Waals surface area contributed by atoms with E-state index in [9.17, 15) is 0 Å². The van der Waals surface area contributed by atoms with E-state index in [1.807, 2.05) is 0 Å². The Morgan fingerprint density at radius 1 is 0.375 bits per heavy atom. The average molecular weight is 535 g/mol. The summed E-state index contributed by atoms with van der Waals surface area (Å²) in [7, 11) is 0. The molecule has 4 aromatic rings. The quantitative estimate of drug-likeness (QED) is 0.260. The van der Waals surface area contributed by atoms with Crippen LogP contribution in [-0.4, -0.2) is 34.1 Å². The Hall–Kier alpha value is -4.06. The molecule has 0 saturated heterocycles. The van der Waals surface area contributed by atoms with E-state index in [2.05, 4.69) is 160 Å². The summed E-state index contributed by atoms with van der Waals surface area (Å²) in [6.07, 6.45) is 0. The van der Waals surface area contributed by atoms with E-state index in [1.54, 1.807) is 0 Å². The molecule has 1 aliphatic heterocycles. The van der Waals surface area contributed by atoms with Gasteiger partial charge in [0.2, 0.25) is 0 Å². The lowest BCUT2D eigenvalue weighted by molar-refractivity contribution is 0.751. The number of nitrogens with zero attached hydrogens (tertiary/aromatic N) is 6. The minimum Gasteiger partial charge on any atom is -0.324 e. The number of aromatic nitrogens is 2. The summed E-state index contributed by atoms with van der Waals surface area (Å²) in [6.45, 7) is 17.7. The number of fused-ring (bicyclic) bond motifs is 8. The first kappa shape index (κ1) is 27.5. The fourth-order valence-corrected chi connectivity index (χ4v) is 5.73. The molecule has 1 aliphatic rings. The van der Waals surface area contributed by atoms with Crippen molar-refractivity contribution < 1.29 is 0 Å². The molecule has 2 aromatic carbocycles. The van der Waals surface area contributed by atoms with Crippen LogP contribution in [0, 0.1) is 0 Å². The minimum atomic E-state index is 0.210. The molecular weight excluding hydrogens is 492 g/mol. The van der Waals surface area contributed by atoms with Gasteiger partial charge in [0.1, 0.15) is 23.3 Å². The smallest absolute Gasteiger partial charge is 0.135 e. The number of pyridine rings is 2. The number of anilines is 8. The highest BCUT2D eigenvalue weighted by molar-refractivity contribution is 5.75. The number of rotatable bonds is 4. The molecule has 0 aliphatic carbocycles. The van der Waals surface area contributed by atoms with Crippen LogP contribution in [-0.2, 0) is 0 Å². The number of benzene rings is 2. The first-order chi connectivity index (χ1) is 19.2. The van der Waals surface area contributed by atoms with Crippen LogP contribution >= 0.6 is 0 Å². The highest BCUT2D eigenvalue weighted by Crippen LogP contribution is 2.38. The Bertz CT molecular complexity index is 1160. The first-order valence-corrected chi connectivity index (χ1v) is 14.5. The molecule has 0 unspecified atom stereocenters. The van der Waals surface area contributed by atoms with Gasteiger partial charge in [-0.05, 0) is 116 Å². The largest absolute Gasteiger partial charge is 0.324 e. The highest BCUT2D eigenvalue weighted by atomic mass is 15.3. The SMILES string of the molecule is CC(C)N1c2cccc(c2)N(C(C)C)c2cccc(n2)N(C(C)C)c2cccc(c2)N(C(C)C)c2cccc1n2. The lowest BCUT2D eigenvalue weighted by atomic mass is 10.1. The van der Waals surface area contributed by atoms with Gasteiger partial charge in [0.25, 0.3) is 0 Å². The van der Waals surface area contributed by atoms with Crippen molar-refractivity contribution >= 4 is 46.0 Å². The average Bonchev–Trinajstić information content (AvgIpc) is 2.89. The van der Waals surface area contributed by atoms with Crippen molar-refractivity contribution in [2.75, 3.05) is 19.6 Å². The fourth-order valence-electron chi connectivity index (χ4n) is 5.73. The third-order valence-corrected chi connectivity index (χ3v) is 7.26. The Labute approximate surface area is 239 Å². The monoisotopic (exact) mass is 534 g/mol. The molecule has 2 aromatic heterocycles. The first-order valence-electron chi connectivity index (χ1n) is 14.5. The standard InChI is InChI=1S/C34H42N6/c1-23(2)37-27-13-9-14-28(21-27)38(24(3)4)33-19-12-20-34(36-33)40(26(7)8)30-16-10-15-29(22-30)39(25(5)6)32-18-11-17-31(37)35-32/h9-26H,1-8H3. The summed E-state index contributed by atoms with van der Waals surface area (Å²) in [5, 5.41) is 0. The van der Waals surface area contributed by atoms with E-state index in [0.29, 0.717) is 0 Å². The van der Waals surface area contributed by atoms with Gasteiger partial charge in [-0.15, -0.1) is 0 Å². The van der Waals surface area contributed by atoms with Crippen LogP contribution in [0.4, 0.5) is 46.0 Å². The molecule has 6 heteroatoms. The van der Waals surface area contributed by atoms with Crippen molar-refractivity contribution in [1.82, 2.24) is 9.97 Å². The van der Waals surface area contributed by atoms with Crippen molar-refractivity contribution in [3.05, 3.63) is 84.9 Å². The van der Waals surface area contributed by atoms with Gasteiger partial charge in [-0.25, -0.2) is 9.97 Å². The third-order valence-electron chi connectivity index (χ3n) is 7.26. The molecule has 0 spiro atoms. The zero-order chi connectivity index (χ0) is 28.6. The van der Waals surface area contributed by atoms with Crippen LogP contribution in [0.1, 0.15) is 55.4 Å². The Morgan fingerprint density at radius 2 is 0.600 bits per heavy atom. The molecule has 0 N–H and O–H groups in total. The second-order valence-electron chi connectivity index (χ2n) is 11.6. The molecule has 3 heterocycles. The van der Waals surface area contributed by atoms with Gasteiger partial charge in [0, 0.05) is 46.9 Å². The number of hydrogen-bond acceptors (Lipinski definition) is 6. The second-order valence-corrected chi connectivity index (χ2v) is 11.6. The van der Waals surface area contributed by atoms with Crippen molar-refractivity contribution in [3.8, 4) is 0 Å². The van der Waals surface area contributed by atoms with E-state index < -0.39 is 0 Å². The van der Waals surface area contributed by atoms with E-state index >= 15 is 0 Å². The zero-order valence-corrected chi connectivity index (χ0v) is 25.1. The topological polar surface area (TPSA) is 38.7 Å². The van der Waals surface area contributed by atoms with E-state index in [-0.39, 0.29) is 24.2 Å². The van der Waals surface area contributed by atoms with Gasteiger partial charge < -0.3 is 19.6 Å². The van der Waals surface area contributed by atoms with Crippen LogP contribution in [0.5, 0.6) is 0 Å². The normalized spacial score (nSPS) is 13.7. The van der Waals surface area contributed by atoms with Gasteiger partial charge in [-0.1, -0.05) is 24.3 Å². The van der Waals surface area contributed by atoms with Crippen molar-refractivity contribution in [3.63, 3.8) is 0 Å². The van der Waals surface area contributed by atoms with Crippen LogP contribution in [0.15, 0.2) is 84.9 Å². The number of hydrogen-bond donors (Lipinski definition) is 0. The predicted molar refractivity (Wildman–Crippen MR) is 170 cm³/mol. The van der Waals surface area contributed by atoms with Gasteiger partial charge in [0.05, 0.1) is 0 Å². The van der Waals surface area contributed by atoms with Crippen LogP contribution < -0.4 is 19.6 Å². The molecule has 8 bridgehead atoms. The molecule has 0 atom stereocenters. The predicted octanol–water partition coefficient (Wildman–Crippen LogP) is 8.98. The van der Waals surface area contributed by atoms with Crippen molar-refractivity contribution in [1.29, 1.82) is 0 Å². The maximum absolute atomic E-state index is 5.26. The molecule has 6 nitrogen and oxygen atoms in total. The van der Waals surface area contributed by atoms with Gasteiger partial charge in [0.15, 0.2) is 0 Å². The second kappa shape index (κ2) is 11.2. The Balaban J connectivity index is 1.82. The molecule has 0 fully saturated rings. The summed E-state index contributed by atoms with van der Waals surface area (Å²) in [6, 6.07) is 31.0. The molecule has 5 rings (SSSR count). The molecule has 0 amide bonds. The van der Waals surface area contributed by atoms with E-state index in [0.717, 1.165) is 46.0 Å². The summed E-state index contributed by atoms with van der Waals surface area (Å²) < 4.78 is 0. The Morgan fingerprint density at radius 3 is 0.825 bits per heavy atom. The van der Waals surface area contributed by atoms with Crippen molar-refractivity contribution in [2.45, 2.75) is 79.6 Å². The maximum atomic E-state index is 5.26. The maximum Gasteiger partial charge on any atom is 0.135 e. The molecule has 0 saturated carbocycles. The summed E-state index contributed by atoms with van der Waals surface area (Å²) in [4.78, 5) is 19.8. The van der Waals surface area contributed by atoms with Crippen LogP contribution in [0.25, 0.3) is 0 Å². The molecule has 208 valence electrons. The fraction of sp³-hybridized carbons (Fsp3) is 0.353. The lowest BCUT2D eigenvalue weighted by Crippen LogP contribution is -2.31. The summed E-state index contributed by atoms with van der Waals surface area (Å²) in [5.74, 6) is 3.72. The van der Waals surface area contributed by atoms with Crippen LogP contribution in [0.2, 0.25) is 0 Å². The Kier molecular flexibility index (Phi) is 7.70. The molecule has 0 radical (unpaired) electrons. The van der Waals surface area contributed by atoms with Gasteiger partial charge in [-0.3, -0.25) is 0 Å². The van der Waals surface area contributed by atoms with Crippen molar-refractivity contribution in [2.24, 2.45) is 0 Å². The summed E-state index contributed by atoms with van der Waals surface area (Å²) >= 11 is 0. The third kappa shape index (κ3) is 5.23. The van der Waals surface area contributed by atoms with E-state index in [4.69, 9.17) is 9.97 Å². The lowest BCUT2D eigenvalue weighted by Gasteiger charge is -2.35. The summed E-state index contributed by atoms with van der Waals surface area (Å²) in [5.41, 5.74) is 4.42. The molecule has 40 heavy (non-hydrogen) atoms. The minimum absolute atomic E-state index is 0.210.